The average molecular weight is 407 g/mol. The van der Waals surface area contributed by atoms with Crippen molar-refractivity contribution in [1.29, 1.82) is 0 Å². The van der Waals surface area contributed by atoms with Crippen LogP contribution in [-0.2, 0) is 11.3 Å². The summed E-state index contributed by atoms with van der Waals surface area (Å²) in [6, 6.07) is 5.87. The van der Waals surface area contributed by atoms with Crippen molar-refractivity contribution < 1.29 is 9.26 Å². The molecule has 0 spiro atoms. The first-order chi connectivity index (χ1) is 13.1. The zero-order chi connectivity index (χ0) is 18.5. The number of aromatic nitrogens is 1. The fourth-order valence-corrected chi connectivity index (χ4v) is 5.48. The lowest BCUT2D eigenvalue weighted by Gasteiger charge is -2.33. The molecule has 0 unspecified atom stereocenters. The van der Waals surface area contributed by atoms with Crippen molar-refractivity contribution in [3.63, 3.8) is 0 Å². The van der Waals surface area contributed by atoms with Crippen LogP contribution >= 0.6 is 23.2 Å². The van der Waals surface area contributed by atoms with Crippen LogP contribution in [-0.4, -0.2) is 17.3 Å². The smallest absolute Gasteiger partial charge is 0.145 e. The van der Waals surface area contributed by atoms with Gasteiger partial charge in [-0.05, 0) is 62.5 Å². The molecule has 1 aromatic heterocycles. The van der Waals surface area contributed by atoms with Gasteiger partial charge in [-0.15, -0.1) is 0 Å². The van der Waals surface area contributed by atoms with E-state index in [2.05, 4.69) is 5.16 Å². The van der Waals surface area contributed by atoms with Crippen LogP contribution in [0.15, 0.2) is 22.7 Å². The second-order valence-electron chi connectivity index (χ2n) is 8.32. The van der Waals surface area contributed by atoms with E-state index in [-0.39, 0.29) is 6.10 Å². The highest BCUT2D eigenvalue weighted by atomic mass is 35.5. The minimum atomic E-state index is 0.263. The molecule has 0 radical (unpaired) electrons. The summed E-state index contributed by atoms with van der Waals surface area (Å²) in [5.41, 5.74) is 8.80. The van der Waals surface area contributed by atoms with Crippen LogP contribution in [0.2, 0.25) is 10.0 Å². The van der Waals surface area contributed by atoms with Crippen molar-refractivity contribution in [2.75, 3.05) is 0 Å². The predicted octanol–water partition coefficient (Wildman–Crippen LogP) is 5.56. The van der Waals surface area contributed by atoms with E-state index in [1.54, 1.807) is 0 Å². The lowest BCUT2D eigenvalue weighted by atomic mass is 9.83. The SMILES string of the molecule is N[C@H]1[C@@H]2CC[C@H]1C[C@@H](OCc1c(-c3c(Cl)cccc3Cl)noc1C1CC1)C2. The van der Waals surface area contributed by atoms with Crippen LogP contribution in [0.25, 0.3) is 11.3 Å². The molecule has 2 aromatic rings. The molecule has 0 aliphatic heterocycles. The summed E-state index contributed by atoms with van der Waals surface area (Å²) in [5.74, 6) is 2.60. The fraction of sp³-hybridized carbons (Fsp3) is 0.571. The highest BCUT2D eigenvalue weighted by molar-refractivity contribution is 6.39. The molecule has 1 aromatic carbocycles. The Hall–Kier alpha value is -1.07. The number of halogens is 2. The summed E-state index contributed by atoms with van der Waals surface area (Å²) in [7, 11) is 0. The number of ether oxygens (including phenoxy) is 1. The number of nitrogens with zero attached hydrogens (tertiary/aromatic N) is 1. The molecule has 4 atom stereocenters. The third-order valence-electron chi connectivity index (χ3n) is 6.56. The van der Waals surface area contributed by atoms with Gasteiger partial charge in [-0.2, -0.15) is 0 Å². The van der Waals surface area contributed by atoms with E-state index < -0.39 is 0 Å². The van der Waals surface area contributed by atoms with Crippen molar-refractivity contribution >= 4 is 23.2 Å². The zero-order valence-electron chi connectivity index (χ0n) is 15.2. The van der Waals surface area contributed by atoms with Gasteiger partial charge in [0.25, 0.3) is 0 Å². The van der Waals surface area contributed by atoms with Gasteiger partial charge in [0.2, 0.25) is 0 Å². The second kappa shape index (κ2) is 7.07. The molecule has 2 N–H and O–H groups in total. The topological polar surface area (TPSA) is 61.3 Å². The van der Waals surface area contributed by atoms with Gasteiger partial charge < -0.3 is 15.0 Å². The average Bonchev–Trinajstić information content (AvgIpc) is 3.38. The number of benzene rings is 1. The van der Waals surface area contributed by atoms with Gasteiger partial charge in [-0.1, -0.05) is 34.4 Å². The molecule has 6 heteroatoms. The normalized spacial score (nSPS) is 30.0. The van der Waals surface area contributed by atoms with Crippen molar-refractivity contribution in [1.82, 2.24) is 5.16 Å². The first-order valence-electron chi connectivity index (χ1n) is 9.91. The van der Waals surface area contributed by atoms with E-state index in [4.69, 9.17) is 38.2 Å². The van der Waals surface area contributed by atoms with Gasteiger partial charge >= 0.3 is 0 Å². The lowest BCUT2D eigenvalue weighted by molar-refractivity contribution is -0.00648. The summed E-state index contributed by atoms with van der Waals surface area (Å²) in [5, 5.41) is 5.51. The molecule has 3 aliphatic carbocycles. The quantitative estimate of drug-likeness (QED) is 0.705. The van der Waals surface area contributed by atoms with Crippen molar-refractivity contribution in [3.05, 3.63) is 39.6 Å². The molecule has 1 heterocycles. The molecular weight excluding hydrogens is 383 g/mol. The monoisotopic (exact) mass is 406 g/mol. The second-order valence-corrected chi connectivity index (χ2v) is 9.14. The number of rotatable bonds is 5. The molecule has 27 heavy (non-hydrogen) atoms. The molecule has 144 valence electrons. The molecule has 5 rings (SSSR count). The molecule has 3 saturated carbocycles. The van der Waals surface area contributed by atoms with Gasteiger partial charge in [0.05, 0.1) is 22.8 Å². The van der Waals surface area contributed by atoms with Crippen LogP contribution in [0.5, 0.6) is 0 Å². The van der Waals surface area contributed by atoms with Crippen LogP contribution in [0.1, 0.15) is 55.8 Å². The van der Waals surface area contributed by atoms with Crippen molar-refractivity contribution in [2.45, 2.75) is 63.2 Å². The maximum atomic E-state index is 6.43. The highest BCUT2D eigenvalue weighted by Crippen LogP contribution is 2.47. The van der Waals surface area contributed by atoms with E-state index >= 15 is 0 Å². The summed E-state index contributed by atoms with van der Waals surface area (Å²) in [6.45, 7) is 0.492. The van der Waals surface area contributed by atoms with Crippen LogP contribution < -0.4 is 5.73 Å². The lowest BCUT2D eigenvalue weighted by Crippen LogP contribution is -2.40. The highest BCUT2D eigenvalue weighted by Gasteiger charge is 2.41. The number of fused-ring (bicyclic) bond motifs is 2. The number of hydrogen-bond donors (Lipinski definition) is 1. The molecule has 4 nitrogen and oxygen atoms in total. The third kappa shape index (κ3) is 3.31. The summed E-state index contributed by atoms with van der Waals surface area (Å²) >= 11 is 12.9. The first-order valence-corrected chi connectivity index (χ1v) is 10.7. The van der Waals surface area contributed by atoms with Gasteiger partial charge in [-0.3, -0.25) is 0 Å². The Balaban J connectivity index is 1.41. The maximum Gasteiger partial charge on any atom is 0.145 e. The van der Waals surface area contributed by atoms with Crippen LogP contribution in [0.3, 0.4) is 0 Å². The van der Waals surface area contributed by atoms with E-state index in [1.165, 1.54) is 12.8 Å². The van der Waals surface area contributed by atoms with E-state index in [1.807, 2.05) is 18.2 Å². The molecule has 0 amide bonds. The Labute approximate surface area is 169 Å². The Bertz CT molecular complexity index is 814. The Morgan fingerprint density at radius 2 is 1.74 bits per heavy atom. The molecule has 2 bridgehead atoms. The first kappa shape index (κ1) is 18.0. The molecule has 3 fully saturated rings. The maximum absolute atomic E-state index is 6.43. The molecular formula is C21H24Cl2N2O2. The summed E-state index contributed by atoms with van der Waals surface area (Å²) in [6.07, 6.45) is 7.15. The largest absolute Gasteiger partial charge is 0.373 e. The third-order valence-corrected chi connectivity index (χ3v) is 7.19. The minimum Gasteiger partial charge on any atom is -0.373 e. The standard InChI is InChI=1S/C21H24Cl2N2O2/c22-16-2-1-3-17(23)18(16)20-15(21(27-25-20)11-4-5-11)10-26-14-8-12-6-7-13(9-14)19(12)24/h1-3,11-14,19H,4-10,24H2/t12-,13+,14+,19+. The fourth-order valence-electron chi connectivity index (χ4n) is 4.90. The summed E-state index contributed by atoms with van der Waals surface area (Å²) < 4.78 is 12.1. The number of nitrogens with two attached hydrogens (primary N) is 1. The zero-order valence-corrected chi connectivity index (χ0v) is 16.7. The van der Waals surface area contributed by atoms with Gasteiger partial charge in [0.1, 0.15) is 11.5 Å². The van der Waals surface area contributed by atoms with Crippen LogP contribution in [0.4, 0.5) is 0 Å². The van der Waals surface area contributed by atoms with Gasteiger partial charge in [0.15, 0.2) is 0 Å². The molecule has 3 aliphatic rings. The number of hydrogen-bond acceptors (Lipinski definition) is 4. The minimum absolute atomic E-state index is 0.263. The van der Waals surface area contributed by atoms with E-state index in [9.17, 15) is 0 Å². The van der Waals surface area contributed by atoms with E-state index in [0.717, 1.165) is 48.3 Å². The summed E-state index contributed by atoms with van der Waals surface area (Å²) in [4.78, 5) is 0. The van der Waals surface area contributed by atoms with Crippen molar-refractivity contribution in [2.24, 2.45) is 17.6 Å². The van der Waals surface area contributed by atoms with Gasteiger partial charge in [-0.25, -0.2) is 0 Å². The van der Waals surface area contributed by atoms with Crippen molar-refractivity contribution in [3.8, 4) is 11.3 Å². The van der Waals surface area contributed by atoms with Gasteiger partial charge in [0, 0.05) is 23.1 Å². The Morgan fingerprint density at radius 3 is 2.37 bits per heavy atom. The predicted molar refractivity (Wildman–Crippen MR) is 106 cm³/mol. The Morgan fingerprint density at radius 1 is 1.07 bits per heavy atom. The molecule has 0 saturated heterocycles. The Kier molecular flexibility index (Phi) is 4.71. The van der Waals surface area contributed by atoms with Crippen LogP contribution in [0, 0.1) is 11.8 Å². The van der Waals surface area contributed by atoms with E-state index in [0.29, 0.717) is 40.4 Å².